The molecule has 0 aromatic heterocycles. The molecule has 3 unspecified atom stereocenters. The zero-order valence-corrected chi connectivity index (χ0v) is 20.3. The third-order valence-corrected chi connectivity index (χ3v) is 7.67. The van der Waals surface area contributed by atoms with Crippen LogP contribution < -0.4 is 0 Å². The van der Waals surface area contributed by atoms with Crippen LogP contribution >= 0.6 is 7.60 Å². The van der Waals surface area contributed by atoms with E-state index in [9.17, 15) is 13.0 Å². The molecule has 1 aliphatic rings. The first-order valence-corrected chi connectivity index (χ1v) is 13.5. The lowest BCUT2D eigenvalue weighted by atomic mass is 10.1. The van der Waals surface area contributed by atoms with Crippen LogP contribution in [-0.2, 0) is 37.4 Å². The molecule has 0 aliphatic carbocycles. The molecule has 1 fully saturated rings. The Morgan fingerprint density at radius 1 is 1.16 bits per heavy atom. The second-order valence-electron chi connectivity index (χ2n) is 7.35. The number of rotatable bonds is 12. The fourth-order valence-electron chi connectivity index (χ4n) is 2.90. The van der Waals surface area contributed by atoms with E-state index < -0.39 is 30.1 Å². The Morgan fingerprint density at radius 3 is 2.35 bits per heavy atom. The van der Waals surface area contributed by atoms with Gasteiger partial charge in [-0.3, -0.25) is 8.75 Å². The lowest BCUT2D eigenvalue weighted by molar-refractivity contribution is -0.185. The standard InChI is InChI=1S/C21H33O8PS/c1-5-27-30(22,28-6-2)14-13-18(4)15-25-21-12-9-19(16-26-21)29-31(23,24)20-10-7-17(3)8-11-20/h7-8,10-11,13-14,18-19,21H,5-6,9,12,15-16H2,1-4H3/b14-13+. The van der Waals surface area contributed by atoms with Gasteiger partial charge in [0.1, 0.15) is 6.10 Å². The average molecular weight is 477 g/mol. The summed E-state index contributed by atoms with van der Waals surface area (Å²) >= 11 is 0. The van der Waals surface area contributed by atoms with E-state index in [1.54, 1.807) is 32.1 Å². The lowest BCUT2D eigenvalue weighted by Gasteiger charge is -2.29. The van der Waals surface area contributed by atoms with Crippen molar-refractivity contribution in [1.82, 2.24) is 0 Å². The van der Waals surface area contributed by atoms with Crippen LogP contribution in [0.15, 0.2) is 41.1 Å². The van der Waals surface area contributed by atoms with Crippen molar-refractivity contribution in [3.8, 4) is 0 Å². The van der Waals surface area contributed by atoms with Crippen molar-refractivity contribution in [3.05, 3.63) is 41.7 Å². The monoisotopic (exact) mass is 476 g/mol. The largest absolute Gasteiger partial charge is 0.353 e. The van der Waals surface area contributed by atoms with E-state index in [1.165, 1.54) is 17.9 Å². The predicted molar refractivity (Wildman–Crippen MR) is 117 cm³/mol. The Kier molecular flexibility index (Phi) is 10.4. The third kappa shape index (κ3) is 8.77. The molecule has 0 amide bonds. The Morgan fingerprint density at radius 2 is 1.81 bits per heavy atom. The highest BCUT2D eigenvalue weighted by Crippen LogP contribution is 2.49. The van der Waals surface area contributed by atoms with Crippen molar-refractivity contribution in [2.45, 2.75) is 57.8 Å². The van der Waals surface area contributed by atoms with Gasteiger partial charge in [0.15, 0.2) is 6.29 Å². The summed E-state index contributed by atoms with van der Waals surface area (Å²) in [5.74, 6) is 1.43. The van der Waals surface area contributed by atoms with Crippen molar-refractivity contribution in [1.29, 1.82) is 0 Å². The van der Waals surface area contributed by atoms with Crippen LogP contribution in [0.25, 0.3) is 0 Å². The fraction of sp³-hybridized carbons (Fsp3) is 0.619. The van der Waals surface area contributed by atoms with Gasteiger partial charge in [-0.05, 0) is 45.2 Å². The molecule has 8 nitrogen and oxygen atoms in total. The molecule has 2 rings (SSSR count). The topological polar surface area (TPSA) is 97.4 Å². The molecule has 0 bridgehead atoms. The molecule has 0 N–H and O–H groups in total. The number of hydrogen-bond donors (Lipinski definition) is 0. The minimum absolute atomic E-state index is 0.0336. The maximum absolute atomic E-state index is 12.4. The third-order valence-electron chi connectivity index (χ3n) is 4.53. The van der Waals surface area contributed by atoms with Gasteiger partial charge in [0.2, 0.25) is 0 Å². The maximum Gasteiger partial charge on any atom is 0.353 e. The van der Waals surface area contributed by atoms with Crippen LogP contribution in [0, 0.1) is 12.8 Å². The van der Waals surface area contributed by atoms with Crippen LogP contribution in [0.3, 0.4) is 0 Å². The molecule has 176 valence electrons. The summed E-state index contributed by atoms with van der Waals surface area (Å²) < 4.78 is 64.4. The van der Waals surface area contributed by atoms with E-state index in [4.69, 9.17) is 22.7 Å². The molecule has 1 aliphatic heterocycles. The van der Waals surface area contributed by atoms with Crippen molar-refractivity contribution >= 4 is 17.7 Å². The highest BCUT2D eigenvalue weighted by atomic mass is 32.2. The molecule has 0 radical (unpaired) electrons. The van der Waals surface area contributed by atoms with Gasteiger partial charge in [-0.1, -0.05) is 30.7 Å². The minimum atomic E-state index is -3.83. The van der Waals surface area contributed by atoms with Crippen molar-refractivity contribution < 1.29 is 35.7 Å². The second kappa shape index (κ2) is 12.3. The average Bonchev–Trinajstić information content (AvgIpc) is 2.72. The molecular formula is C21H33O8PS. The van der Waals surface area contributed by atoms with Gasteiger partial charge in [-0.2, -0.15) is 8.42 Å². The SMILES string of the molecule is CCOP(=O)(/C=C/C(C)COC1CCC(OS(=O)(=O)c2ccc(C)cc2)CO1)OCC. The van der Waals surface area contributed by atoms with E-state index >= 15 is 0 Å². The first-order valence-electron chi connectivity index (χ1n) is 10.5. The van der Waals surface area contributed by atoms with Crippen LogP contribution in [0.1, 0.15) is 39.2 Å². The zero-order valence-electron chi connectivity index (χ0n) is 18.6. The Hall–Kier alpha value is -1.06. The molecule has 0 spiro atoms. The van der Waals surface area contributed by atoms with Gasteiger partial charge < -0.3 is 18.5 Å². The molecule has 1 heterocycles. The zero-order chi connectivity index (χ0) is 22.9. The second-order valence-corrected chi connectivity index (χ2v) is 10.8. The number of benzene rings is 1. The highest BCUT2D eigenvalue weighted by molar-refractivity contribution is 7.86. The van der Waals surface area contributed by atoms with E-state index in [0.717, 1.165) is 5.56 Å². The van der Waals surface area contributed by atoms with Crippen LogP contribution in [-0.4, -0.2) is 47.2 Å². The quantitative estimate of drug-likeness (QED) is 0.318. The van der Waals surface area contributed by atoms with Crippen LogP contribution in [0.5, 0.6) is 0 Å². The molecule has 31 heavy (non-hydrogen) atoms. The Bertz CT molecular complexity index is 835. The highest BCUT2D eigenvalue weighted by Gasteiger charge is 2.28. The van der Waals surface area contributed by atoms with E-state index in [2.05, 4.69) is 0 Å². The molecule has 10 heteroatoms. The van der Waals surface area contributed by atoms with E-state index in [1.807, 2.05) is 13.8 Å². The molecule has 1 aromatic carbocycles. The van der Waals surface area contributed by atoms with E-state index in [0.29, 0.717) is 32.7 Å². The van der Waals surface area contributed by atoms with Crippen molar-refractivity contribution in [2.24, 2.45) is 5.92 Å². The summed E-state index contributed by atoms with van der Waals surface area (Å²) in [4.78, 5) is 0.133. The van der Waals surface area contributed by atoms with E-state index in [-0.39, 0.29) is 17.4 Å². The summed E-state index contributed by atoms with van der Waals surface area (Å²) in [5.41, 5.74) is 0.975. The Labute approximate surface area is 185 Å². The summed E-state index contributed by atoms with van der Waals surface area (Å²) in [6, 6.07) is 6.53. The molecule has 1 aromatic rings. The first kappa shape index (κ1) is 26.2. The first-order chi connectivity index (χ1) is 14.7. The predicted octanol–water partition coefficient (Wildman–Crippen LogP) is 4.64. The van der Waals surface area contributed by atoms with Crippen molar-refractivity contribution in [3.63, 3.8) is 0 Å². The summed E-state index contributed by atoms with van der Waals surface area (Å²) in [5, 5.41) is 0. The normalized spacial score (nSPS) is 21.4. The fourth-order valence-corrected chi connectivity index (χ4v) is 5.46. The van der Waals surface area contributed by atoms with Crippen molar-refractivity contribution in [2.75, 3.05) is 26.4 Å². The molecule has 3 atom stereocenters. The molecular weight excluding hydrogens is 443 g/mol. The molecule has 1 saturated heterocycles. The molecule has 0 saturated carbocycles. The van der Waals surface area contributed by atoms with Gasteiger partial charge in [-0.25, -0.2) is 0 Å². The summed E-state index contributed by atoms with van der Waals surface area (Å²) in [6.45, 7) is 8.40. The summed E-state index contributed by atoms with van der Waals surface area (Å²) in [7, 11) is -7.06. The van der Waals surface area contributed by atoms with Gasteiger partial charge >= 0.3 is 7.60 Å². The minimum Gasteiger partial charge on any atom is -0.352 e. The summed E-state index contributed by atoms with van der Waals surface area (Å²) in [6.07, 6.45) is 1.77. The van der Waals surface area contributed by atoms with Gasteiger partial charge in [0.05, 0.1) is 31.3 Å². The smallest absolute Gasteiger partial charge is 0.352 e. The van der Waals surface area contributed by atoms with Gasteiger partial charge in [0.25, 0.3) is 10.1 Å². The number of ether oxygens (including phenoxy) is 2. The lowest BCUT2D eigenvalue weighted by Crippen LogP contribution is -2.34. The maximum atomic E-state index is 12.4. The Balaban J connectivity index is 1.77. The van der Waals surface area contributed by atoms with Gasteiger partial charge in [-0.15, -0.1) is 0 Å². The van der Waals surface area contributed by atoms with Crippen LogP contribution in [0.2, 0.25) is 0 Å². The van der Waals surface area contributed by atoms with Gasteiger partial charge in [0, 0.05) is 12.2 Å². The van der Waals surface area contributed by atoms with Crippen LogP contribution in [0.4, 0.5) is 0 Å². The number of hydrogen-bond acceptors (Lipinski definition) is 8. The number of aryl methyl sites for hydroxylation is 1.